The van der Waals surface area contributed by atoms with E-state index in [-0.39, 0.29) is 0 Å². The summed E-state index contributed by atoms with van der Waals surface area (Å²) in [5, 5.41) is 9.30. The van der Waals surface area contributed by atoms with Crippen LogP contribution in [-0.2, 0) is 28.6 Å². The third-order valence-electron chi connectivity index (χ3n) is 3.90. The average Bonchev–Trinajstić information content (AvgIpc) is 2.74. The second-order valence-corrected chi connectivity index (χ2v) is 6.55. The summed E-state index contributed by atoms with van der Waals surface area (Å²) in [5.41, 5.74) is 0. The van der Waals surface area contributed by atoms with Gasteiger partial charge in [0.05, 0.1) is 12.5 Å². The minimum atomic E-state index is -6.78. The van der Waals surface area contributed by atoms with Gasteiger partial charge in [-0.25, -0.2) is 14.4 Å². The van der Waals surface area contributed by atoms with Crippen molar-refractivity contribution in [3.63, 3.8) is 0 Å². The zero-order valence-corrected chi connectivity index (χ0v) is 17.3. The Balaban J connectivity index is 5.77. The lowest BCUT2D eigenvalue weighted by Crippen LogP contribution is -2.63. The first-order valence-electron chi connectivity index (χ1n) is 8.99. The van der Waals surface area contributed by atoms with Crippen LogP contribution < -0.4 is 0 Å². The number of hydrogen-bond donors (Lipinski definition) is 1. The highest BCUT2D eigenvalue weighted by Crippen LogP contribution is 2.55. The van der Waals surface area contributed by atoms with E-state index in [0.29, 0.717) is 18.2 Å². The number of carbonyl (C=O) groups excluding carboxylic acids is 3. The Labute approximate surface area is 187 Å². The highest BCUT2D eigenvalue weighted by molar-refractivity contribution is 5.82. The Bertz CT molecular complexity index is 783. The first-order chi connectivity index (χ1) is 15.4. The summed E-state index contributed by atoms with van der Waals surface area (Å²) in [5.74, 6) is -29.5. The molecule has 0 heterocycles. The summed E-state index contributed by atoms with van der Waals surface area (Å²) in [6.45, 7) is 6.04. The molecule has 1 N–H and O–H groups in total. The van der Waals surface area contributed by atoms with E-state index in [1.54, 1.807) is 0 Å². The Hall–Kier alpha value is -2.97. The second-order valence-electron chi connectivity index (χ2n) is 6.55. The van der Waals surface area contributed by atoms with E-state index in [4.69, 9.17) is 0 Å². The first-order valence-corrected chi connectivity index (χ1v) is 8.99. The zero-order chi connectivity index (χ0) is 27.0. The monoisotopic (exact) mass is 512 g/mol. The van der Waals surface area contributed by atoms with Crippen LogP contribution in [0, 0.1) is 0 Å². The molecule has 0 aliphatic carbocycles. The lowest BCUT2D eigenvalue weighted by molar-refractivity contribution is -0.372. The molecule has 0 aliphatic heterocycles. The molecule has 0 amide bonds. The number of alkyl halides is 8. The third kappa shape index (κ3) is 7.81. The maximum Gasteiger partial charge on any atom is 0.378 e. The van der Waals surface area contributed by atoms with Crippen LogP contribution in [0.4, 0.5) is 35.1 Å². The average molecular weight is 512 g/mol. The van der Waals surface area contributed by atoms with E-state index in [2.05, 4.69) is 33.9 Å². The topological polar surface area (TPSA) is 99.1 Å². The number of halogens is 8. The number of carbonyl (C=O) groups is 3. The van der Waals surface area contributed by atoms with Gasteiger partial charge in [0.1, 0.15) is 19.3 Å². The van der Waals surface area contributed by atoms with Crippen molar-refractivity contribution in [1.82, 2.24) is 0 Å². The summed E-state index contributed by atoms with van der Waals surface area (Å²) in [4.78, 5) is 33.0. The van der Waals surface area contributed by atoms with Gasteiger partial charge in [-0.2, -0.15) is 35.1 Å². The molecule has 0 aromatic rings. The number of hydrogen-bond acceptors (Lipinski definition) is 7. The van der Waals surface area contributed by atoms with Gasteiger partial charge < -0.3 is 19.3 Å². The van der Waals surface area contributed by atoms with Crippen LogP contribution >= 0.6 is 0 Å². The van der Waals surface area contributed by atoms with Gasteiger partial charge >= 0.3 is 41.6 Å². The molecule has 7 nitrogen and oxygen atoms in total. The summed E-state index contributed by atoms with van der Waals surface area (Å²) < 4.78 is 125. The van der Waals surface area contributed by atoms with Gasteiger partial charge in [-0.1, -0.05) is 19.7 Å². The van der Waals surface area contributed by atoms with Crippen molar-refractivity contribution in [2.75, 3.05) is 13.2 Å². The van der Waals surface area contributed by atoms with Crippen LogP contribution in [0.5, 0.6) is 0 Å². The van der Waals surface area contributed by atoms with Gasteiger partial charge in [0.2, 0.25) is 0 Å². The van der Waals surface area contributed by atoms with Crippen LogP contribution in [0.25, 0.3) is 0 Å². The number of rotatable bonds is 15. The van der Waals surface area contributed by atoms with Gasteiger partial charge in [0, 0.05) is 24.6 Å². The summed E-state index contributed by atoms with van der Waals surface area (Å²) in [7, 11) is 0. The van der Waals surface area contributed by atoms with Crippen molar-refractivity contribution < 1.29 is 68.8 Å². The molecule has 0 fully saturated rings. The summed E-state index contributed by atoms with van der Waals surface area (Å²) >= 11 is 0. The second kappa shape index (κ2) is 11.9. The molecule has 0 aromatic heterocycles. The van der Waals surface area contributed by atoms with Crippen molar-refractivity contribution in [2.45, 2.75) is 48.7 Å². The fourth-order valence-electron chi connectivity index (χ4n) is 2.17. The highest BCUT2D eigenvalue weighted by Gasteiger charge is 2.80. The van der Waals surface area contributed by atoms with Gasteiger partial charge in [-0.15, -0.1) is 0 Å². The Kier molecular flexibility index (Phi) is 10.9. The van der Waals surface area contributed by atoms with Crippen LogP contribution in [-0.4, -0.2) is 72.1 Å². The number of aliphatic hydroxyl groups excluding tert-OH is 1. The highest BCUT2D eigenvalue weighted by atomic mass is 19.4. The van der Waals surface area contributed by atoms with Gasteiger partial charge in [0.25, 0.3) is 0 Å². The van der Waals surface area contributed by atoms with Crippen molar-refractivity contribution in [1.29, 1.82) is 0 Å². The number of esters is 3. The molecular formula is C19H20F8O7. The summed E-state index contributed by atoms with van der Waals surface area (Å²) in [6, 6.07) is 0. The van der Waals surface area contributed by atoms with E-state index < -0.39 is 79.9 Å². The van der Waals surface area contributed by atoms with E-state index in [9.17, 15) is 54.6 Å². The Morgan fingerprint density at radius 2 is 1.09 bits per heavy atom. The van der Waals surface area contributed by atoms with E-state index in [1.807, 2.05) is 0 Å². The molecule has 0 spiro atoms. The normalized spacial score (nSPS) is 14.4. The molecule has 0 aliphatic rings. The maximum absolute atomic E-state index is 14.2. The lowest BCUT2D eigenvalue weighted by atomic mass is 9.92. The van der Waals surface area contributed by atoms with Gasteiger partial charge in [-0.05, 0) is 0 Å². The third-order valence-corrected chi connectivity index (χ3v) is 3.90. The standard InChI is InChI=1S/C19H20F8O7/c1-4-13(29)32-9-11(28)7-16(20,21)18(24,25)19(26,27)17(22,23)8-12(34-15(31)6-3)10-33-14(30)5-2/h4-6,11-12,28H,1-3,7-10H2. The van der Waals surface area contributed by atoms with Crippen molar-refractivity contribution in [2.24, 2.45) is 0 Å². The zero-order valence-electron chi connectivity index (χ0n) is 17.3. The quantitative estimate of drug-likeness (QED) is 0.156. The van der Waals surface area contributed by atoms with E-state index in [0.717, 1.165) is 0 Å². The van der Waals surface area contributed by atoms with E-state index in [1.165, 1.54) is 0 Å². The molecule has 0 saturated heterocycles. The molecule has 0 bridgehead atoms. The first kappa shape index (κ1) is 31.0. The van der Waals surface area contributed by atoms with Gasteiger partial charge in [-0.3, -0.25) is 0 Å². The predicted molar refractivity (Wildman–Crippen MR) is 97.4 cm³/mol. The number of aliphatic hydroxyl groups is 1. The minimum Gasteiger partial charge on any atom is -0.460 e. The molecule has 0 aromatic carbocycles. The maximum atomic E-state index is 14.2. The van der Waals surface area contributed by atoms with Gasteiger partial charge in [0.15, 0.2) is 0 Å². The molecule has 34 heavy (non-hydrogen) atoms. The van der Waals surface area contributed by atoms with Crippen molar-refractivity contribution >= 4 is 17.9 Å². The Morgan fingerprint density at radius 1 is 0.706 bits per heavy atom. The molecule has 2 atom stereocenters. The Morgan fingerprint density at radius 3 is 1.50 bits per heavy atom. The molecule has 0 saturated carbocycles. The minimum absolute atomic E-state index is 0.377. The molecule has 194 valence electrons. The van der Waals surface area contributed by atoms with Crippen LogP contribution in [0.1, 0.15) is 12.8 Å². The van der Waals surface area contributed by atoms with Crippen LogP contribution in [0.3, 0.4) is 0 Å². The molecule has 0 rings (SSSR count). The summed E-state index contributed by atoms with van der Waals surface area (Å²) in [6.07, 6.45) is -8.71. The van der Waals surface area contributed by atoms with Crippen LogP contribution in [0.2, 0.25) is 0 Å². The predicted octanol–water partition coefficient (Wildman–Crippen LogP) is 3.22. The fraction of sp³-hybridized carbons (Fsp3) is 0.526. The van der Waals surface area contributed by atoms with Crippen molar-refractivity contribution in [3.8, 4) is 0 Å². The smallest absolute Gasteiger partial charge is 0.378 e. The molecule has 0 radical (unpaired) electrons. The molecular weight excluding hydrogens is 492 g/mol. The van der Waals surface area contributed by atoms with Crippen LogP contribution in [0.15, 0.2) is 38.0 Å². The SMILES string of the molecule is C=CC(=O)OCC(O)CC(F)(F)C(F)(F)C(F)(F)C(F)(F)CC(COC(=O)C=C)OC(=O)C=C. The number of ether oxygens (including phenoxy) is 3. The molecule has 15 heteroatoms. The van der Waals surface area contributed by atoms with E-state index >= 15 is 0 Å². The fourth-order valence-corrected chi connectivity index (χ4v) is 2.17. The largest absolute Gasteiger partial charge is 0.460 e. The lowest BCUT2D eigenvalue weighted by Gasteiger charge is -2.38. The van der Waals surface area contributed by atoms with Crippen molar-refractivity contribution in [3.05, 3.63) is 38.0 Å². The molecule has 2 unspecified atom stereocenters.